The molecular formula is C53H104O6. The second-order valence-corrected chi connectivity index (χ2v) is 18.2. The van der Waals surface area contributed by atoms with Crippen LogP contribution in [0.2, 0.25) is 0 Å². The molecule has 4 N–H and O–H groups in total. The van der Waals surface area contributed by atoms with E-state index in [0.717, 1.165) is 12.8 Å². The SMILES string of the molecule is C1CCCCCCCCC1.C1CCCCCCCCC1.C=C(C)C(=O)O.C=C(C)C(=O)O.CCCCCCCCCCCCC.OCC1(CO)CCCCCCCCC1. The molecule has 0 aromatic heterocycles. The summed E-state index contributed by atoms with van der Waals surface area (Å²) >= 11 is 0. The summed E-state index contributed by atoms with van der Waals surface area (Å²) in [6.07, 6.45) is 56.8. The van der Waals surface area contributed by atoms with Crippen LogP contribution in [0.5, 0.6) is 0 Å². The molecule has 0 amide bonds. The quantitative estimate of drug-likeness (QED) is 0.102. The second-order valence-electron chi connectivity index (χ2n) is 18.2. The Kier molecular flexibility index (Phi) is 53.0. The molecule has 6 heteroatoms. The van der Waals surface area contributed by atoms with E-state index in [0.29, 0.717) is 0 Å². The number of unbranched alkanes of at least 4 members (excludes halogenated alkanes) is 10. The average Bonchev–Trinajstić information content (AvgIpc) is 3.24. The zero-order valence-electron chi connectivity index (χ0n) is 40.2. The van der Waals surface area contributed by atoms with Crippen LogP contribution in [-0.4, -0.2) is 45.6 Å². The molecule has 0 heterocycles. The minimum atomic E-state index is -0.935. The summed E-state index contributed by atoms with van der Waals surface area (Å²) < 4.78 is 0. The normalized spacial score (nSPS) is 17.8. The molecule has 6 nitrogen and oxygen atoms in total. The van der Waals surface area contributed by atoms with Crippen molar-refractivity contribution in [2.75, 3.05) is 13.2 Å². The zero-order valence-corrected chi connectivity index (χ0v) is 40.2. The lowest BCUT2D eigenvalue weighted by Gasteiger charge is -2.30. The number of aliphatic hydroxyl groups excluding tert-OH is 2. The molecule has 3 fully saturated rings. The summed E-state index contributed by atoms with van der Waals surface area (Å²) in [6, 6.07) is 0. The van der Waals surface area contributed by atoms with Crippen LogP contribution in [0.15, 0.2) is 24.3 Å². The van der Waals surface area contributed by atoms with Crippen molar-refractivity contribution in [2.45, 2.75) is 285 Å². The molecule has 0 atom stereocenters. The van der Waals surface area contributed by atoms with Gasteiger partial charge in [-0.05, 0) is 26.7 Å². The van der Waals surface area contributed by atoms with Gasteiger partial charge in [-0.3, -0.25) is 0 Å². The summed E-state index contributed by atoms with van der Waals surface area (Å²) in [5.74, 6) is -1.87. The molecule has 3 aliphatic rings. The van der Waals surface area contributed by atoms with E-state index < -0.39 is 11.9 Å². The first kappa shape index (κ1) is 61.6. The Balaban J connectivity index is -0.000000655. The minimum absolute atomic E-state index is 0.156. The highest BCUT2D eigenvalue weighted by molar-refractivity contribution is 5.85. The van der Waals surface area contributed by atoms with E-state index in [9.17, 15) is 19.8 Å². The number of carboxylic acids is 2. The molecule has 0 saturated heterocycles. The van der Waals surface area contributed by atoms with Crippen LogP contribution < -0.4 is 0 Å². The van der Waals surface area contributed by atoms with Gasteiger partial charge in [0.1, 0.15) is 0 Å². The Morgan fingerprint density at radius 2 is 0.525 bits per heavy atom. The zero-order chi connectivity index (χ0) is 44.5. The topological polar surface area (TPSA) is 115 Å². The Bertz CT molecular complexity index is 738. The van der Waals surface area contributed by atoms with Gasteiger partial charge in [0.25, 0.3) is 0 Å². The Morgan fingerprint density at radius 1 is 0.373 bits per heavy atom. The number of carbonyl (C=O) groups is 2. The Labute approximate surface area is 368 Å². The van der Waals surface area contributed by atoms with Crippen LogP contribution in [0, 0.1) is 5.41 Å². The van der Waals surface area contributed by atoms with E-state index in [1.54, 1.807) is 0 Å². The minimum Gasteiger partial charge on any atom is -0.478 e. The predicted molar refractivity (Wildman–Crippen MR) is 258 cm³/mol. The molecule has 0 radical (unpaired) electrons. The van der Waals surface area contributed by atoms with E-state index >= 15 is 0 Å². The smallest absolute Gasteiger partial charge is 0.330 e. The summed E-state index contributed by atoms with van der Waals surface area (Å²) in [5, 5.41) is 34.5. The van der Waals surface area contributed by atoms with E-state index in [1.165, 1.54) is 258 Å². The van der Waals surface area contributed by atoms with Gasteiger partial charge >= 0.3 is 11.9 Å². The van der Waals surface area contributed by atoms with Gasteiger partial charge in [0.15, 0.2) is 0 Å². The molecule has 352 valence electrons. The summed E-state index contributed by atoms with van der Waals surface area (Å²) in [5.41, 5.74) is 0.183. The first-order valence-electron chi connectivity index (χ1n) is 25.5. The maximum absolute atomic E-state index is 9.60. The van der Waals surface area contributed by atoms with Crippen molar-refractivity contribution in [3.8, 4) is 0 Å². The molecule has 3 saturated carbocycles. The van der Waals surface area contributed by atoms with Crippen LogP contribution in [0.3, 0.4) is 0 Å². The molecule has 59 heavy (non-hydrogen) atoms. The third-order valence-electron chi connectivity index (χ3n) is 12.0. The standard InChI is InChI=1S/C13H28.C12H24O2.2C10H20.2C4H6O2/c1-3-5-7-9-11-13-12-10-8-6-4-2;13-10-12(11-14)8-6-4-2-1-3-5-7-9-12;2*1-2-4-6-8-10-9-7-5-3-1;2*1-3(2)4(5)6/h3-13H2,1-2H3;13-14H,1-11H2;2*1-10H2;2*1H2,2H3,(H,5,6). The van der Waals surface area contributed by atoms with Crippen LogP contribution in [0.4, 0.5) is 0 Å². The van der Waals surface area contributed by atoms with Crippen LogP contribution in [0.25, 0.3) is 0 Å². The van der Waals surface area contributed by atoms with Gasteiger partial charge in [-0.2, -0.15) is 0 Å². The molecule has 0 aliphatic heterocycles. The van der Waals surface area contributed by atoms with Gasteiger partial charge in [0.2, 0.25) is 0 Å². The predicted octanol–water partition coefficient (Wildman–Crippen LogP) is 16.9. The first-order valence-corrected chi connectivity index (χ1v) is 25.5. The Hall–Kier alpha value is -1.66. The number of aliphatic carboxylic acids is 2. The van der Waals surface area contributed by atoms with E-state index in [4.69, 9.17) is 10.2 Å². The maximum atomic E-state index is 9.60. The van der Waals surface area contributed by atoms with Gasteiger partial charge in [-0.25, -0.2) is 9.59 Å². The molecule has 0 spiro atoms. The molecule has 3 aliphatic carbocycles. The average molecular weight is 837 g/mol. The lowest BCUT2D eigenvalue weighted by Crippen LogP contribution is -2.30. The number of rotatable bonds is 14. The van der Waals surface area contributed by atoms with Gasteiger partial charge in [-0.15, -0.1) is 0 Å². The monoisotopic (exact) mass is 837 g/mol. The van der Waals surface area contributed by atoms with Crippen molar-refractivity contribution >= 4 is 11.9 Å². The van der Waals surface area contributed by atoms with Crippen molar-refractivity contribution in [2.24, 2.45) is 5.41 Å². The fourth-order valence-corrected chi connectivity index (χ4v) is 7.65. The van der Waals surface area contributed by atoms with Gasteiger partial charge in [0.05, 0.1) is 13.2 Å². The second kappa shape index (κ2) is 50.7. The third-order valence-corrected chi connectivity index (χ3v) is 12.0. The molecular weight excluding hydrogens is 733 g/mol. The third kappa shape index (κ3) is 52.4. The van der Waals surface area contributed by atoms with E-state index in [-0.39, 0.29) is 29.8 Å². The van der Waals surface area contributed by atoms with E-state index in [1.807, 2.05) is 0 Å². The highest BCUT2D eigenvalue weighted by Crippen LogP contribution is 2.32. The van der Waals surface area contributed by atoms with Gasteiger partial charge in [0, 0.05) is 16.6 Å². The molecule has 0 aromatic carbocycles. The van der Waals surface area contributed by atoms with Gasteiger partial charge < -0.3 is 20.4 Å². The molecule has 0 unspecified atom stereocenters. The highest BCUT2D eigenvalue weighted by Gasteiger charge is 2.27. The lowest BCUT2D eigenvalue weighted by atomic mass is 9.78. The fraction of sp³-hybridized carbons (Fsp3) is 0.887. The summed E-state index contributed by atoms with van der Waals surface area (Å²) in [6.45, 7) is 14.1. The van der Waals surface area contributed by atoms with Crippen LogP contribution in [-0.2, 0) is 9.59 Å². The lowest BCUT2D eigenvalue weighted by molar-refractivity contribution is -0.133. The van der Waals surface area contributed by atoms with Crippen molar-refractivity contribution in [3.63, 3.8) is 0 Å². The molecule has 0 aromatic rings. The van der Waals surface area contributed by atoms with Crippen molar-refractivity contribution in [3.05, 3.63) is 24.3 Å². The summed E-state index contributed by atoms with van der Waals surface area (Å²) in [4.78, 5) is 19.2. The van der Waals surface area contributed by atoms with Crippen molar-refractivity contribution < 1.29 is 30.0 Å². The molecule has 0 bridgehead atoms. The Morgan fingerprint density at radius 3 is 0.661 bits per heavy atom. The van der Waals surface area contributed by atoms with Crippen LogP contribution >= 0.6 is 0 Å². The van der Waals surface area contributed by atoms with Crippen LogP contribution in [0.1, 0.15) is 285 Å². The highest BCUT2D eigenvalue weighted by atomic mass is 16.4. The number of hydrogen-bond acceptors (Lipinski definition) is 4. The van der Waals surface area contributed by atoms with Crippen molar-refractivity contribution in [1.29, 1.82) is 0 Å². The largest absolute Gasteiger partial charge is 0.478 e. The summed E-state index contributed by atoms with van der Waals surface area (Å²) in [7, 11) is 0. The molecule has 3 rings (SSSR count). The van der Waals surface area contributed by atoms with Gasteiger partial charge in [-0.1, -0.05) is 271 Å². The first-order chi connectivity index (χ1) is 28.5. The van der Waals surface area contributed by atoms with Crippen molar-refractivity contribution in [1.82, 2.24) is 0 Å². The maximum Gasteiger partial charge on any atom is 0.330 e. The number of carboxylic acid groups (broad SMARTS) is 2. The fourth-order valence-electron chi connectivity index (χ4n) is 7.65. The number of aliphatic hydroxyl groups is 2. The number of hydrogen-bond donors (Lipinski definition) is 4. The van der Waals surface area contributed by atoms with E-state index in [2.05, 4.69) is 27.0 Å².